The molecule has 1 amide bonds. The summed E-state index contributed by atoms with van der Waals surface area (Å²) in [6.07, 6.45) is 0. The molecule has 32 heavy (non-hydrogen) atoms. The number of benzene rings is 3. The number of ether oxygens (including phenoxy) is 1. The predicted molar refractivity (Wildman–Crippen MR) is 130 cm³/mol. The maximum absolute atomic E-state index is 12.4. The molecule has 0 bridgehead atoms. The number of fused-ring (bicyclic) bond motifs is 1. The van der Waals surface area contributed by atoms with Gasteiger partial charge in [-0.2, -0.15) is 0 Å². The van der Waals surface area contributed by atoms with Gasteiger partial charge in [0.05, 0.1) is 11.0 Å². The van der Waals surface area contributed by atoms with Crippen molar-refractivity contribution >= 4 is 51.7 Å². The summed E-state index contributed by atoms with van der Waals surface area (Å²) in [4.78, 5) is 21.6. The molecular weight excluding hydrogens is 444 g/mol. The van der Waals surface area contributed by atoms with Gasteiger partial charge >= 0.3 is 0 Å². The summed E-state index contributed by atoms with van der Waals surface area (Å²) in [5.41, 5.74) is 3.84. The van der Waals surface area contributed by atoms with E-state index in [9.17, 15) is 4.79 Å². The number of anilines is 1. The van der Waals surface area contributed by atoms with Crippen LogP contribution in [0.4, 0.5) is 5.82 Å². The minimum Gasteiger partial charge on any atom is -0.470 e. The molecule has 2 N–H and O–H groups in total. The molecule has 0 spiro atoms. The van der Waals surface area contributed by atoms with E-state index in [1.807, 2.05) is 43.3 Å². The Morgan fingerprint density at radius 3 is 2.50 bits per heavy atom. The van der Waals surface area contributed by atoms with Gasteiger partial charge in [-0.25, -0.2) is 9.97 Å². The summed E-state index contributed by atoms with van der Waals surface area (Å²) >= 11 is 11.3. The fourth-order valence-corrected chi connectivity index (χ4v) is 3.28. The predicted octanol–water partition coefficient (Wildman–Crippen LogP) is 5.30. The fraction of sp³-hybridized carbons (Fsp3) is 0.0833. The lowest BCUT2D eigenvalue weighted by molar-refractivity contribution is 0.0977. The van der Waals surface area contributed by atoms with E-state index >= 15 is 0 Å². The van der Waals surface area contributed by atoms with Gasteiger partial charge in [-0.05, 0) is 66.7 Å². The first kappa shape index (κ1) is 21.7. The number of carbonyl (C=O) groups excluding carboxylic acids is 1. The minimum absolute atomic E-state index is 0.0940. The minimum atomic E-state index is -0.323. The van der Waals surface area contributed by atoms with Crippen LogP contribution in [0.5, 0.6) is 5.88 Å². The highest BCUT2D eigenvalue weighted by atomic mass is 35.5. The number of halogens is 1. The number of nitrogens with one attached hydrogen (secondary N) is 2. The highest BCUT2D eigenvalue weighted by molar-refractivity contribution is 7.80. The highest BCUT2D eigenvalue weighted by Crippen LogP contribution is 2.25. The van der Waals surface area contributed by atoms with E-state index in [1.165, 1.54) is 0 Å². The Labute approximate surface area is 195 Å². The standard InChI is InChI=1S/C24H19ClN4O2S/c1-15-7-12-19-20(13-15)26-21(23(27-19)31-14-16-8-10-18(25)11-9-16)28-24(32)29-22(30)17-5-3-2-4-6-17/h2-13H,14H2,1H3,(H2,26,28,29,30,32). The average Bonchev–Trinajstić information content (AvgIpc) is 2.79. The van der Waals surface area contributed by atoms with Crippen LogP contribution in [0.3, 0.4) is 0 Å². The second-order valence-corrected chi connectivity index (χ2v) is 7.90. The summed E-state index contributed by atoms with van der Waals surface area (Å²) in [7, 11) is 0. The zero-order chi connectivity index (χ0) is 22.5. The molecular formula is C24H19ClN4O2S. The van der Waals surface area contributed by atoms with Crippen molar-refractivity contribution in [1.29, 1.82) is 0 Å². The van der Waals surface area contributed by atoms with Crippen molar-refractivity contribution in [1.82, 2.24) is 15.3 Å². The van der Waals surface area contributed by atoms with Gasteiger partial charge in [0.2, 0.25) is 0 Å². The average molecular weight is 463 g/mol. The second kappa shape index (κ2) is 9.72. The number of amides is 1. The van der Waals surface area contributed by atoms with Crippen LogP contribution in [-0.4, -0.2) is 21.0 Å². The van der Waals surface area contributed by atoms with Crippen molar-refractivity contribution in [3.63, 3.8) is 0 Å². The number of hydrogen-bond acceptors (Lipinski definition) is 5. The Morgan fingerprint density at radius 2 is 1.75 bits per heavy atom. The lowest BCUT2D eigenvalue weighted by Crippen LogP contribution is -2.34. The zero-order valence-corrected chi connectivity index (χ0v) is 18.7. The quantitative estimate of drug-likeness (QED) is 0.392. The molecule has 0 atom stereocenters. The maximum atomic E-state index is 12.4. The molecule has 0 radical (unpaired) electrons. The van der Waals surface area contributed by atoms with Crippen LogP contribution in [0, 0.1) is 6.92 Å². The number of aryl methyl sites for hydroxylation is 1. The zero-order valence-electron chi connectivity index (χ0n) is 17.1. The number of carbonyl (C=O) groups is 1. The van der Waals surface area contributed by atoms with Crippen molar-refractivity contribution in [2.45, 2.75) is 13.5 Å². The monoisotopic (exact) mass is 462 g/mol. The van der Waals surface area contributed by atoms with Gasteiger partial charge in [0.25, 0.3) is 11.8 Å². The van der Waals surface area contributed by atoms with E-state index in [-0.39, 0.29) is 23.5 Å². The molecule has 0 aliphatic rings. The summed E-state index contributed by atoms with van der Waals surface area (Å²) in [6.45, 7) is 2.24. The molecule has 8 heteroatoms. The van der Waals surface area contributed by atoms with Crippen molar-refractivity contribution in [3.8, 4) is 5.88 Å². The maximum Gasteiger partial charge on any atom is 0.258 e. The van der Waals surface area contributed by atoms with Crippen LogP contribution in [0.2, 0.25) is 5.02 Å². The highest BCUT2D eigenvalue weighted by Gasteiger charge is 2.14. The SMILES string of the molecule is Cc1ccc2nc(OCc3ccc(Cl)cc3)c(NC(=S)NC(=O)c3ccccc3)nc2c1. The van der Waals surface area contributed by atoms with Crippen LogP contribution < -0.4 is 15.4 Å². The van der Waals surface area contributed by atoms with E-state index in [4.69, 9.17) is 28.6 Å². The summed E-state index contributed by atoms with van der Waals surface area (Å²) < 4.78 is 5.94. The van der Waals surface area contributed by atoms with Gasteiger partial charge in [0.15, 0.2) is 10.9 Å². The van der Waals surface area contributed by atoms with Crippen LogP contribution in [0.15, 0.2) is 72.8 Å². The Balaban J connectivity index is 1.57. The molecule has 4 aromatic rings. The number of nitrogens with zero attached hydrogens (tertiary/aromatic N) is 2. The number of hydrogen-bond donors (Lipinski definition) is 2. The van der Waals surface area contributed by atoms with Crippen molar-refractivity contribution in [2.75, 3.05) is 5.32 Å². The lowest BCUT2D eigenvalue weighted by atomic mass is 10.2. The van der Waals surface area contributed by atoms with Gasteiger partial charge in [-0.3, -0.25) is 10.1 Å². The van der Waals surface area contributed by atoms with E-state index in [1.54, 1.807) is 36.4 Å². The first-order valence-corrected chi connectivity index (χ1v) is 10.6. The van der Waals surface area contributed by atoms with Crippen molar-refractivity contribution in [2.24, 2.45) is 0 Å². The van der Waals surface area contributed by atoms with Gasteiger partial charge in [0, 0.05) is 10.6 Å². The van der Waals surface area contributed by atoms with Crippen LogP contribution in [0.1, 0.15) is 21.5 Å². The molecule has 1 heterocycles. The second-order valence-electron chi connectivity index (χ2n) is 7.06. The first-order valence-electron chi connectivity index (χ1n) is 9.81. The molecule has 160 valence electrons. The third-order valence-electron chi connectivity index (χ3n) is 4.57. The Kier molecular flexibility index (Phi) is 6.58. The van der Waals surface area contributed by atoms with Gasteiger partial charge in [-0.1, -0.05) is 48.0 Å². The van der Waals surface area contributed by atoms with Crippen LogP contribution in [-0.2, 0) is 6.61 Å². The van der Waals surface area contributed by atoms with E-state index in [0.29, 0.717) is 27.4 Å². The smallest absolute Gasteiger partial charge is 0.258 e. The largest absolute Gasteiger partial charge is 0.470 e. The summed E-state index contributed by atoms with van der Waals surface area (Å²) in [5, 5.41) is 6.35. The summed E-state index contributed by atoms with van der Waals surface area (Å²) in [6, 6.07) is 21.9. The Hall–Kier alpha value is -3.55. The van der Waals surface area contributed by atoms with E-state index in [0.717, 1.165) is 11.1 Å². The number of aromatic nitrogens is 2. The molecule has 0 saturated carbocycles. The molecule has 0 aliphatic heterocycles. The van der Waals surface area contributed by atoms with Crippen LogP contribution >= 0.6 is 23.8 Å². The van der Waals surface area contributed by atoms with Gasteiger partial charge in [0.1, 0.15) is 6.61 Å². The van der Waals surface area contributed by atoms with E-state index in [2.05, 4.69) is 20.6 Å². The molecule has 3 aromatic carbocycles. The van der Waals surface area contributed by atoms with Crippen molar-refractivity contribution < 1.29 is 9.53 Å². The Morgan fingerprint density at radius 1 is 1.00 bits per heavy atom. The lowest BCUT2D eigenvalue weighted by Gasteiger charge is -2.14. The summed E-state index contributed by atoms with van der Waals surface area (Å²) in [5.74, 6) is 0.263. The van der Waals surface area contributed by atoms with Gasteiger partial charge in [-0.15, -0.1) is 0 Å². The van der Waals surface area contributed by atoms with Gasteiger partial charge < -0.3 is 10.1 Å². The molecule has 0 aliphatic carbocycles. The number of rotatable bonds is 5. The van der Waals surface area contributed by atoms with Crippen molar-refractivity contribution in [3.05, 3.63) is 94.5 Å². The first-order chi connectivity index (χ1) is 15.5. The van der Waals surface area contributed by atoms with Crippen LogP contribution in [0.25, 0.3) is 11.0 Å². The third-order valence-corrected chi connectivity index (χ3v) is 5.03. The third kappa shape index (κ3) is 5.38. The van der Waals surface area contributed by atoms with E-state index < -0.39 is 0 Å². The molecule has 4 rings (SSSR count). The normalized spacial score (nSPS) is 10.6. The Bertz CT molecular complexity index is 1280. The molecule has 0 fully saturated rings. The number of thiocarbonyl (C=S) groups is 1. The molecule has 0 unspecified atom stereocenters. The fourth-order valence-electron chi connectivity index (χ4n) is 2.97. The topological polar surface area (TPSA) is 76.1 Å². The molecule has 1 aromatic heterocycles. The molecule has 6 nitrogen and oxygen atoms in total. The molecule has 0 saturated heterocycles.